The average molecular weight is 173 g/mol. The van der Waals surface area contributed by atoms with Crippen LogP contribution in [-0.4, -0.2) is 4.71 Å². The van der Waals surface area contributed by atoms with E-state index in [9.17, 15) is 0 Å². The standard InChI is InChI=1S/C8H9ClS/c9-8(10)6-7-4-2-1-3-5-7/h1-5,8,10H,6H2/t8-/m0/s1. The van der Waals surface area contributed by atoms with Crippen molar-refractivity contribution in [3.63, 3.8) is 0 Å². The summed E-state index contributed by atoms with van der Waals surface area (Å²) in [7, 11) is 0. The highest BCUT2D eigenvalue weighted by Gasteiger charge is 1.96. The monoisotopic (exact) mass is 172 g/mol. The van der Waals surface area contributed by atoms with Gasteiger partial charge in [0.05, 0.1) is 4.71 Å². The molecule has 1 atom stereocenters. The van der Waals surface area contributed by atoms with Gasteiger partial charge in [0.1, 0.15) is 0 Å². The molecule has 0 aliphatic rings. The maximum absolute atomic E-state index is 5.68. The Balaban J connectivity index is 2.59. The summed E-state index contributed by atoms with van der Waals surface area (Å²) in [6.07, 6.45) is 0.825. The van der Waals surface area contributed by atoms with Crippen molar-refractivity contribution in [2.24, 2.45) is 0 Å². The highest BCUT2D eigenvalue weighted by atomic mass is 35.5. The van der Waals surface area contributed by atoms with Gasteiger partial charge in [-0.05, 0) is 12.0 Å². The zero-order valence-electron chi connectivity index (χ0n) is 5.50. The van der Waals surface area contributed by atoms with E-state index in [1.54, 1.807) is 0 Å². The number of hydrogen-bond donors (Lipinski definition) is 1. The summed E-state index contributed by atoms with van der Waals surface area (Å²) in [4.78, 5) is 0. The van der Waals surface area contributed by atoms with Crippen molar-refractivity contribution in [3.8, 4) is 0 Å². The van der Waals surface area contributed by atoms with Crippen LogP contribution >= 0.6 is 24.2 Å². The van der Waals surface area contributed by atoms with E-state index in [0.29, 0.717) is 0 Å². The maximum Gasteiger partial charge on any atom is 0.0799 e. The Morgan fingerprint density at radius 3 is 2.40 bits per heavy atom. The van der Waals surface area contributed by atoms with Crippen LogP contribution in [0.2, 0.25) is 0 Å². The summed E-state index contributed by atoms with van der Waals surface area (Å²) in [6.45, 7) is 0. The van der Waals surface area contributed by atoms with Crippen molar-refractivity contribution >= 4 is 24.2 Å². The number of rotatable bonds is 2. The van der Waals surface area contributed by atoms with Crippen molar-refractivity contribution in [1.29, 1.82) is 0 Å². The molecule has 0 aromatic heterocycles. The molecule has 2 heteroatoms. The second-order valence-electron chi connectivity index (χ2n) is 2.12. The van der Waals surface area contributed by atoms with Gasteiger partial charge in [0.15, 0.2) is 0 Å². The van der Waals surface area contributed by atoms with E-state index in [1.165, 1.54) is 5.56 Å². The van der Waals surface area contributed by atoms with Crippen molar-refractivity contribution in [1.82, 2.24) is 0 Å². The lowest BCUT2D eigenvalue weighted by atomic mass is 10.2. The van der Waals surface area contributed by atoms with Crippen molar-refractivity contribution in [2.45, 2.75) is 11.1 Å². The van der Waals surface area contributed by atoms with Gasteiger partial charge in [-0.2, -0.15) is 12.6 Å². The van der Waals surface area contributed by atoms with Gasteiger partial charge >= 0.3 is 0 Å². The Kier molecular flexibility index (Phi) is 3.10. The van der Waals surface area contributed by atoms with Crippen LogP contribution in [0.1, 0.15) is 5.56 Å². The second kappa shape index (κ2) is 3.89. The molecule has 0 radical (unpaired) electrons. The molecule has 10 heavy (non-hydrogen) atoms. The Morgan fingerprint density at radius 1 is 1.30 bits per heavy atom. The quantitative estimate of drug-likeness (QED) is 0.515. The number of alkyl halides is 1. The van der Waals surface area contributed by atoms with Crippen LogP contribution in [0.3, 0.4) is 0 Å². The normalized spacial score (nSPS) is 13.0. The molecular formula is C8H9ClS. The van der Waals surface area contributed by atoms with Crippen LogP contribution < -0.4 is 0 Å². The van der Waals surface area contributed by atoms with Crippen molar-refractivity contribution in [2.75, 3.05) is 0 Å². The molecule has 0 unspecified atom stereocenters. The third-order valence-corrected chi connectivity index (χ3v) is 1.58. The summed E-state index contributed by atoms with van der Waals surface area (Å²) in [5.74, 6) is 0. The zero-order chi connectivity index (χ0) is 7.40. The number of benzene rings is 1. The van der Waals surface area contributed by atoms with Crippen LogP contribution in [0, 0.1) is 0 Å². The average Bonchev–Trinajstić information content (AvgIpc) is 1.88. The molecule has 0 aliphatic heterocycles. The second-order valence-corrected chi connectivity index (χ2v) is 3.58. The summed E-state index contributed by atoms with van der Waals surface area (Å²) in [6, 6.07) is 10.1. The lowest BCUT2D eigenvalue weighted by Crippen LogP contribution is -1.92. The highest BCUT2D eigenvalue weighted by Crippen LogP contribution is 2.09. The molecule has 0 bridgehead atoms. The molecule has 0 saturated heterocycles. The molecule has 0 saturated carbocycles. The zero-order valence-corrected chi connectivity index (χ0v) is 7.15. The van der Waals surface area contributed by atoms with Crippen LogP contribution in [0.15, 0.2) is 30.3 Å². The van der Waals surface area contributed by atoms with E-state index in [4.69, 9.17) is 11.6 Å². The molecule has 1 rings (SSSR count). The molecule has 0 fully saturated rings. The molecule has 0 amide bonds. The highest BCUT2D eigenvalue weighted by molar-refractivity contribution is 7.82. The summed E-state index contributed by atoms with van der Waals surface area (Å²) >= 11 is 9.75. The summed E-state index contributed by atoms with van der Waals surface area (Å²) in [5.41, 5.74) is 1.23. The van der Waals surface area contributed by atoms with Gasteiger partial charge in [0, 0.05) is 0 Å². The smallest absolute Gasteiger partial charge is 0.0799 e. The van der Waals surface area contributed by atoms with Gasteiger partial charge < -0.3 is 0 Å². The molecule has 0 nitrogen and oxygen atoms in total. The van der Waals surface area contributed by atoms with E-state index < -0.39 is 0 Å². The van der Waals surface area contributed by atoms with Crippen molar-refractivity contribution < 1.29 is 0 Å². The first-order chi connectivity index (χ1) is 4.79. The van der Waals surface area contributed by atoms with Crippen LogP contribution in [0.5, 0.6) is 0 Å². The predicted octanol–water partition coefficient (Wildman–Crippen LogP) is 2.72. The molecule has 1 aromatic carbocycles. The van der Waals surface area contributed by atoms with Crippen LogP contribution in [0.25, 0.3) is 0 Å². The summed E-state index contributed by atoms with van der Waals surface area (Å²) in [5, 5.41) is 0. The Hall–Kier alpha value is -0.140. The molecule has 54 valence electrons. The largest absolute Gasteiger partial charge is 0.159 e. The number of hydrogen-bond acceptors (Lipinski definition) is 1. The maximum atomic E-state index is 5.68. The van der Waals surface area contributed by atoms with E-state index in [1.807, 2.05) is 30.3 Å². The first-order valence-corrected chi connectivity index (χ1v) is 4.10. The van der Waals surface area contributed by atoms with Gasteiger partial charge in [-0.1, -0.05) is 30.3 Å². The topological polar surface area (TPSA) is 0 Å². The molecule has 0 spiro atoms. The first kappa shape index (κ1) is 7.96. The third-order valence-electron chi connectivity index (χ3n) is 1.25. The third kappa shape index (κ3) is 2.63. The van der Waals surface area contributed by atoms with Crippen molar-refractivity contribution in [3.05, 3.63) is 35.9 Å². The Bertz CT molecular complexity index is 184. The molecule has 1 aromatic rings. The molecule has 0 N–H and O–H groups in total. The fourth-order valence-electron chi connectivity index (χ4n) is 0.809. The molecule has 0 aliphatic carbocycles. The van der Waals surface area contributed by atoms with E-state index in [0.717, 1.165) is 6.42 Å². The van der Waals surface area contributed by atoms with Gasteiger partial charge in [0.2, 0.25) is 0 Å². The Labute approximate surface area is 71.6 Å². The van der Waals surface area contributed by atoms with Gasteiger partial charge in [-0.15, -0.1) is 11.6 Å². The minimum atomic E-state index is -0.0672. The van der Waals surface area contributed by atoms with E-state index in [-0.39, 0.29) is 4.71 Å². The van der Waals surface area contributed by atoms with E-state index >= 15 is 0 Å². The van der Waals surface area contributed by atoms with Gasteiger partial charge in [-0.3, -0.25) is 0 Å². The minimum absolute atomic E-state index is 0.0672. The lowest BCUT2D eigenvalue weighted by molar-refractivity contribution is 1.10. The summed E-state index contributed by atoms with van der Waals surface area (Å²) < 4.78 is -0.0672. The first-order valence-electron chi connectivity index (χ1n) is 3.15. The molecular weight excluding hydrogens is 164 g/mol. The van der Waals surface area contributed by atoms with Crippen LogP contribution in [-0.2, 0) is 6.42 Å². The number of thiol groups is 1. The van der Waals surface area contributed by atoms with E-state index in [2.05, 4.69) is 12.6 Å². The lowest BCUT2D eigenvalue weighted by Gasteiger charge is -2.00. The van der Waals surface area contributed by atoms with Gasteiger partial charge in [0.25, 0.3) is 0 Å². The predicted molar refractivity (Wildman–Crippen MR) is 48.8 cm³/mol. The van der Waals surface area contributed by atoms with Crippen LogP contribution in [0.4, 0.5) is 0 Å². The molecule has 0 heterocycles. The SMILES string of the molecule is S[C@H](Cl)Cc1ccccc1. The Morgan fingerprint density at radius 2 is 1.90 bits per heavy atom. The fourth-order valence-corrected chi connectivity index (χ4v) is 1.20. The minimum Gasteiger partial charge on any atom is -0.159 e. The van der Waals surface area contributed by atoms with Gasteiger partial charge in [-0.25, -0.2) is 0 Å². The fraction of sp³-hybridized carbons (Fsp3) is 0.250. The number of halogens is 1.